The molecule has 1 unspecified atom stereocenters. The summed E-state index contributed by atoms with van der Waals surface area (Å²) in [6.07, 6.45) is 24.0. The zero-order chi connectivity index (χ0) is 17.2. The molecule has 0 aliphatic heterocycles. The molecule has 0 aromatic heterocycles. The molecule has 0 saturated heterocycles. The van der Waals surface area contributed by atoms with Crippen LogP contribution in [0.3, 0.4) is 0 Å². The van der Waals surface area contributed by atoms with Crippen LogP contribution in [0.25, 0.3) is 0 Å². The summed E-state index contributed by atoms with van der Waals surface area (Å²) in [4.78, 5) is 10.4. The molecule has 3 heteroatoms. The molecule has 0 bridgehead atoms. The number of aliphatic hydroxyl groups excluding tert-OH is 1. The lowest BCUT2D eigenvalue weighted by molar-refractivity contribution is -0.139. The van der Waals surface area contributed by atoms with Crippen molar-refractivity contribution in [2.45, 2.75) is 70.8 Å². The molecule has 0 aromatic rings. The topological polar surface area (TPSA) is 57.5 Å². The van der Waals surface area contributed by atoms with E-state index in [9.17, 15) is 9.90 Å². The van der Waals surface area contributed by atoms with E-state index in [2.05, 4.69) is 55.5 Å². The Balaban J connectivity index is 3.45. The second-order valence-electron chi connectivity index (χ2n) is 5.54. The maximum Gasteiger partial charge on any atom is 0.305 e. The highest BCUT2D eigenvalue weighted by Gasteiger charge is 2.07. The van der Waals surface area contributed by atoms with E-state index in [4.69, 9.17) is 5.11 Å². The molecular weight excluding hydrogens is 288 g/mol. The Morgan fingerprint density at radius 2 is 1.39 bits per heavy atom. The average Bonchev–Trinajstić information content (AvgIpc) is 2.50. The molecule has 23 heavy (non-hydrogen) atoms. The minimum atomic E-state index is -0.934. The van der Waals surface area contributed by atoms with Gasteiger partial charge in [0.25, 0.3) is 0 Å². The third kappa shape index (κ3) is 18.3. The lowest BCUT2D eigenvalue weighted by Gasteiger charge is -2.05. The van der Waals surface area contributed by atoms with E-state index < -0.39 is 12.1 Å². The number of aliphatic hydroxyl groups is 1. The van der Waals surface area contributed by atoms with Crippen molar-refractivity contribution in [1.29, 1.82) is 0 Å². The highest BCUT2D eigenvalue weighted by molar-refractivity contribution is 5.67. The van der Waals surface area contributed by atoms with Crippen molar-refractivity contribution in [3.8, 4) is 0 Å². The van der Waals surface area contributed by atoms with Gasteiger partial charge in [-0.2, -0.15) is 0 Å². The van der Waals surface area contributed by atoms with Crippen LogP contribution in [0.5, 0.6) is 0 Å². The van der Waals surface area contributed by atoms with Crippen molar-refractivity contribution in [1.82, 2.24) is 0 Å². The number of aliphatic carboxylic acids is 1. The molecule has 0 spiro atoms. The number of rotatable bonds is 14. The number of carbonyl (C=O) groups is 1. The smallest absolute Gasteiger partial charge is 0.305 e. The quantitative estimate of drug-likeness (QED) is 0.342. The van der Waals surface area contributed by atoms with Crippen molar-refractivity contribution >= 4 is 5.97 Å². The van der Waals surface area contributed by atoms with Crippen LogP contribution in [0.1, 0.15) is 64.7 Å². The first-order valence-corrected chi connectivity index (χ1v) is 8.66. The Hall–Kier alpha value is -1.61. The van der Waals surface area contributed by atoms with Gasteiger partial charge in [0.15, 0.2) is 0 Å². The van der Waals surface area contributed by atoms with Crippen molar-refractivity contribution in [2.75, 3.05) is 0 Å². The van der Waals surface area contributed by atoms with Crippen LogP contribution < -0.4 is 0 Å². The van der Waals surface area contributed by atoms with Crippen molar-refractivity contribution in [3.05, 3.63) is 48.6 Å². The number of allylic oxidation sites excluding steroid dienone is 8. The zero-order valence-electron chi connectivity index (χ0n) is 14.4. The Kier molecular flexibility index (Phi) is 15.6. The summed E-state index contributed by atoms with van der Waals surface area (Å²) in [5.74, 6) is -0.934. The molecule has 0 aliphatic rings. The standard InChI is InChI=1S/C20H32O3/c1-2-3-4-5-6-7-8-9-10-11-12-13-14-15-16-17-19(21)18-20(22)23/h3-4,6-7,9-10,12-13,19,21H,2,5,8,11,14-18H2,1H3,(H,22,23)/b4-3-,7-6-,10-9-,13-12-. The monoisotopic (exact) mass is 320 g/mol. The van der Waals surface area contributed by atoms with Gasteiger partial charge < -0.3 is 10.2 Å². The molecule has 0 amide bonds. The Morgan fingerprint density at radius 1 is 0.870 bits per heavy atom. The van der Waals surface area contributed by atoms with Gasteiger partial charge in [-0.15, -0.1) is 0 Å². The Labute approximate surface area is 141 Å². The van der Waals surface area contributed by atoms with Gasteiger partial charge in [-0.3, -0.25) is 4.79 Å². The van der Waals surface area contributed by atoms with Crippen molar-refractivity contribution in [3.63, 3.8) is 0 Å². The molecule has 2 N–H and O–H groups in total. The second kappa shape index (κ2) is 16.8. The number of hydrogen-bond acceptors (Lipinski definition) is 2. The number of unbranched alkanes of at least 4 members (excludes halogenated alkanes) is 2. The summed E-state index contributed by atoms with van der Waals surface area (Å²) < 4.78 is 0. The molecule has 0 saturated carbocycles. The third-order valence-corrected chi connectivity index (χ3v) is 3.29. The first-order chi connectivity index (χ1) is 11.2. The highest BCUT2D eigenvalue weighted by Crippen LogP contribution is 2.07. The SMILES string of the molecule is CC/C=C\C/C=C\C/C=C\C/C=C\CCCCC(O)CC(=O)O. The fourth-order valence-electron chi connectivity index (χ4n) is 2.04. The van der Waals surface area contributed by atoms with E-state index in [0.29, 0.717) is 6.42 Å². The fraction of sp³-hybridized carbons (Fsp3) is 0.550. The molecule has 0 aliphatic carbocycles. The molecule has 0 fully saturated rings. The van der Waals surface area contributed by atoms with E-state index in [1.807, 2.05) is 0 Å². The van der Waals surface area contributed by atoms with Crippen LogP contribution in [0.15, 0.2) is 48.6 Å². The summed E-state index contributed by atoms with van der Waals surface area (Å²) in [6, 6.07) is 0. The summed E-state index contributed by atoms with van der Waals surface area (Å²) in [7, 11) is 0. The minimum absolute atomic E-state index is 0.149. The molecule has 0 aromatic carbocycles. The predicted octanol–water partition coefficient (Wildman–Crippen LogP) is 5.19. The molecule has 0 heterocycles. The predicted molar refractivity (Wildman–Crippen MR) is 97.4 cm³/mol. The van der Waals surface area contributed by atoms with E-state index >= 15 is 0 Å². The van der Waals surface area contributed by atoms with Gasteiger partial charge in [-0.1, -0.05) is 62.0 Å². The van der Waals surface area contributed by atoms with Gasteiger partial charge >= 0.3 is 5.97 Å². The number of hydrogen-bond donors (Lipinski definition) is 2. The average molecular weight is 320 g/mol. The van der Waals surface area contributed by atoms with Gasteiger partial charge in [0.1, 0.15) is 0 Å². The van der Waals surface area contributed by atoms with Crippen LogP contribution in [0.4, 0.5) is 0 Å². The van der Waals surface area contributed by atoms with E-state index in [-0.39, 0.29) is 6.42 Å². The van der Waals surface area contributed by atoms with Gasteiger partial charge in [0.05, 0.1) is 12.5 Å². The van der Waals surface area contributed by atoms with E-state index in [1.54, 1.807) is 0 Å². The minimum Gasteiger partial charge on any atom is -0.481 e. The van der Waals surface area contributed by atoms with Gasteiger partial charge in [0.2, 0.25) is 0 Å². The second-order valence-corrected chi connectivity index (χ2v) is 5.54. The zero-order valence-corrected chi connectivity index (χ0v) is 14.4. The van der Waals surface area contributed by atoms with Crippen LogP contribution >= 0.6 is 0 Å². The summed E-state index contributed by atoms with van der Waals surface area (Å²) in [6.45, 7) is 2.14. The van der Waals surface area contributed by atoms with Gasteiger partial charge in [0, 0.05) is 0 Å². The Bertz CT molecular complexity index is 392. The first kappa shape index (κ1) is 21.4. The van der Waals surface area contributed by atoms with Crippen LogP contribution in [0, 0.1) is 0 Å². The van der Waals surface area contributed by atoms with E-state index in [1.165, 1.54) is 0 Å². The summed E-state index contributed by atoms with van der Waals surface area (Å²) >= 11 is 0. The van der Waals surface area contributed by atoms with Crippen molar-refractivity contribution in [2.24, 2.45) is 0 Å². The fourth-order valence-corrected chi connectivity index (χ4v) is 2.04. The van der Waals surface area contributed by atoms with Crippen molar-refractivity contribution < 1.29 is 15.0 Å². The molecular formula is C20H32O3. The normalized spacial score (nSPS) is 13.8. The molecule has 1 atom stereocenters. The maximum atomic E-state index is 10.4. The lowest BCUT2D eigenvalue weighted by atomic mass is 10.1. The molecule has 130 valence electrons. The van der Waals surface area contributed by atoms with E-state index in [0.717, 1.165) is 44.9 Å². The molecule has 3 nitrogen and oxygen atoms in total. The summed E-state index contributed by atoms with van der Waals surface area (Å²) in [5.41, 5.74) is 0. The van der Waals surface area contributed by atoms with Gasteiger partial charge in [-0.05, 0) is 44.9 Å². The Morgan fingerprint density at radius 3 is 1.91 bits per heavy atom. The first-order valence-electron chi connectivity index (χ1n) is 8.66. The lowest BCUT2D eigenvalue weighted by Crippen LogP contribution is -2.12. The molecule has 0 radical (unpaired) electrons. The highest BCUT2D eigenvalue weighted by atomic mass is 16.4. The maximum absolute atomic E-state index is 10.4. The summed E-state index contributed by atoms with van der Waals surface area (Å²) in [5, 5.41) is 17.9. The van der Waals surface area contributed by atoms with Crippen LogP contribution in [-0.2, 0) is 4.79 Å². The number of carboxylic acids is 1. The van der Waals surface area contributed by atoms with Crippen LogP contribution in [0.2, 0.25) is 0 Å². The molecule has 0 rings (SSSR count). The number of carboxylic acid groups (broad SMARTS) is 1. The van der Waals surface area contributed by atoms with Gasteiger partial charge in [-0.25, -0.2) is 0 Å². The van der Waals surface area contributed by atoms with Crippen LogP contribution in [-0.4, -0.2) is 22.3 Å². The largest absolute Gasteiger partial charge is 0.481 e. The third-order valence-electron chi connectivity index (χ3n) is 3.29.